The van der Waals surface area contributed by atoms with Gasteiger partial charge in [-0.1, -0.05) is 13.8 Å². The van der Waals surface area contributed by atoms with E-state index < -0.39 is 0 Å². The first-order chi connectivity index (χ1) is 9.19. The lowest BCUT2D eigenvalue weighted by Crippen LogP contribution is -2.43. The SMILES string of the molecule is CCCN(CCC)C(=O)CCN(C)C1CCNCC1. The summed E-state index contributed by atoms with van der Waals surface area (Å²) in [5.74, 6) is 0.324. The Bertz CT molecular complexity index is 246. The van der Waals surface area contributed by atoms with Crippen LogP contribution in [0.1, 0.15) is 46.0 Å². The van der Waals surface area contributed by atoms with E-state index in [4.69, 9.17) is 0 Å². The summed E-state index contributed by atoms with van der Waals surface area (Å²) >= 11 is 0. The number of carbonyl (C=O) groups is 1. The summed E-state index contributed by atoms with van der Waals surface area (Å²) in [4.78, 5) is 16.6. The number of carbonyl (C=O) groups excluding carboxylic acids is 1. The highest BCUT2D eigenvalue weighted by Gasteiger charge is 2.19. The van der Waals surface area contributed by atoms with Gasteiger partial charge in [0.05, 0.1) is 0 Å². The molecule has 0 saturated carbocycles. The third-order valence-corrected chi connectivity index (χ3v) is 3.95. The molecule has 1 N–H and O–H groups in total. The van der Waals surface area contributed by atoms with Crippen molar-refractivity contribution in [2.24, 2.45) is 0 Å². The first-order valence-electron chi connectivity index (χ1n) is 7.87. The fraction of sp³-hybridized carbons (Fsp3) is 0.933. The van der Waals surface area contributed by atoms with E-state index in [2.05, 4.69) is 31.1 Å². The monoisotopic (exact) mass is 269 g/mol. The van der Waals surface area contributed by atoms with Gasteiger partial charge in [-0.25, -0.2) is 0 Å². The Kier molecular flexibility index (Phi) is 8.07. The second kappa shape index (κ2) is 9.32. The van der Waals surface area contributed by atoms with Crippen molar-refractivity contribution >= 4 is 5.91 Å². The fourth-order valence-electron chi connectivity index (χ4n) is 2.76. The van der Waals surface area contributed by atoms with Crippen LogP contribution in [0.5, 0.6) is 0 Å². The van der Waals surface area contributed by atoms with Gasteiger partial charge in [-0.2, -0.15) is 0 Å². The fourth-order valence-corrected chi connectivity index (χ4v) is 2.76. The molecule has 0 bridgehead atoms. The molecule has 0 aliphatic carbocycles. The molecular weight excluding hydrogens is 238 g/mol. The van der Waals surface area contributed by atoms with Gasteiger partial charge in [0.25, 0.3) is 0 Å². The molecule has 4 nitrogen and oxygen atoms in total. The summed E-state index contributed by atoms with van der Waals surface area (Å²) in [6, 6.07) is 0.653. The van der Waals surface area contributed by atoms with Gasteiger partial charge in [-0.15, -0.1) is 0 Å². The number of hydrogen-bond donors (Lipinski definition) is 1. The van der Waals surface area contributed by atoms with E-state index in [1.54, 1.807) is 0 Å². The van der Waals surface area contributed by atoms with Crippen LogP contribution in [0.25, 0.3) is 0 Å². The number of hydrogen-bond acceptors (Lipinski definition) is 3. The lowest BCUT2D eigenvalue weighted by atomic mass is 10.1. The molecule has 1 heterocycles. The van der Waals surface area contributed by atoms with Crippen LogP contribution in [-0.4, -0.2) is 61.5 Å². The standard InChI is InChI=1S/C15H31N3O/c1-4-11-18(12-5-2)15(19)8-13-17(3)14-6-9-16-10-7-14/h14,16H,4-13H2,1-3H3. The molecule has 0 radical (unpaired) electrons. The summed E-state index contributed by atoms with van der Waals surface area (Å²) in [5.41, 5.74) is 0. The maximum absolute atomic E-state index is 12.2. The van der Waals surface area contributed by atoms with Gasteiger partial charge < -0.3 is 15.1 Å². The number of rotatable bonds is 8. The summed E-state index contributed by atoms with van der Waals surface area (Å²) in [6.45, 7) is 9.20. The highest BCUT2D eigenvalue weighted by Crippen LogP contribution is 2.10. The Hall–Kier alpha value is -0.610. The summed E-state index contributed by atoms with van der Waals surface area (Å²) in [7, 11) is 2.16. The second-order valence-electron chi connectivity index (χ2n) is 5.59. The molecule has 1 rings (SSSR count). The average molecular weight is 269 g/mol. The highest BCUT2D eigenvalue weighted by molar-refractivity contribution is 5.76. The Morgan fingerprint density at radius 2 is 1.68 bits per heavy atom. The van der Waals surface area contributed by atoms with Gasteiger partial charge in [0.1, 0.15) is 0 Å². The molecule has 0 aromatic rings. The zero-order valence-corrected chi connectivity index (χ0v) is 13.0. The summed E-state index contributed by atoms with van der Waals surface area (Å²) in [6.07, 6.45) is 5.18. The minimum Gasteiger partial charge on any atom is -0.343 e. The quantitative estimate of drug-likeness (QED) is 0.728. The Morgan fingerprint density at radius 3 is 2.21 bits per heavy atom. The lowest BCUT2D eigenvalue weighted by Gasteiger charge is -2.32. The number of nitrogens with zero attached hydrogens (tertiary/aromatic N) is 2. The van der Waals surface area contributed by atoms with Crippen LogP contribution < -0.4 is 5.32 Å². The predicted molar refractivity (Wildman–Crippen MR) is 80.3 cm³/mol. The first-order valence-corrected chi connectivity index (χ1v) is 7.87. The third kappa shape index (κ3) is 5.91. The van der Waals surface area contributed by atoms with Crippen molar-refractivity contribution in [3.63, 3.8) is 0 Å². The Labute approximate surface area is 118 Å². The van der Waals surface area contributed by atoms with Crippen molar-refractivity contribution in [2.45, 2.75) is 52.0 Å². The zero-order valence-electron chi connectivity index (χ0n) is 13.0. The van der Waals surface area contributed by atoms with Gasteiger partial charge in [0.2, 0.25) is 5.91 Å². The maximum atomic E-state index is 12.2. The van der Waals surface area contributed by atoms with Gasteiger partial charge in [0.15, 0.2) is 0 Å². The van der Waals surface area contributed by atoms with Crippen molar-refractivity contribution in [3.8, 4) is 0 Å². The van der Waals surface area contributed by atoms with Gasteiger partial charge in [-0.3, -0.25) is 4.79 Å². The molecule has 0 atom stereocenters. The molecule has 1 amide bonds. The van der Waals surface area contributed by atoms with Gasteiger partial charge in [0, 0.05) is 32.1 Å². The average Bonchev–Trinajstić information content (AvgIpc) is 2.45. The van der Waals surface area contributed by atoms with E-state index in [-0.39, 0.29) is 0 Å². The molecule has 1 saturated heterocycles. The van der Waals surface area contributed by atoms with E-state index in [1.807, 2.05) is 4.90 Å². The van der Waals surface area contributed by atoms with Crippen LogP contribution in [0.2, 0.25) is 0 Å². The van der Waals surface area contributed by atoms with Gasteiger partial charge >= 0.3 is 0 Å². The predicted octanol–water partition coefficient (Wildman–Crippen LogP) is 1.71. The number of amides is 1. The molecule has 1 aliphatic rings. The molecule has 19 heavy (non-hydrogen) atoms. The molecule has 0 aromatic carbocycles. The van der Waals surface area contributed by atoms with Gasteiger partial charge in [-0.05, 0) is 45.8 Å². The normalized spacial score (nSPS) is 16.8. The lowest BCUT2D eigenvalue weighted by molar-refractivity contribution is -0.131. The highest BCUT2D eigenvalue weighted by atomic mass is 16.2. The maximum Gasteiger partial charge on any atom is 0.223 e. The van der Waals surface area contributed by atoms with E-state index in [1.165, 1.54) is 12.8 Å². The molecule has 0 spiro atoms. The van der Waals surface area contributed by atoms with Crippen LogP contribution >= 0.6 is 0 Å². The smallest absolute Gasteiger partial charge is 0.223 e. The first kappa shape index (κ1) is 16.4. The third-order valence-electron chi connectivity index (χ3n) is 3.95. The molecule has 0 unspecified atom stereocenters. The molecule has 1 fully saturated rings. The minimum absolute atomic E-state index is 0.324. The summed E-state index contributed by atoms with van der Waals surface area (Å²) < 4.78 is 0. The van der Waals surface area contributed by atoms with Crippen LogP contribution in [0.4, 0.5) is 0 Å². The van der Waals surface area contributed by atoms with Crippen molar-refractivity contribution in [3.05, 3.63) is 0 Å². The van der Waals surface area contributed by atoms with E-state index in [0.29, 0.717) is 18.4 Å². The number of nitrogens with one attached hydrogen (secondary N) is 1. The molecule has 0 aromatic heterocycles. The van der Waals surface area contributed by atoms with Crippen LogP contribution in [-0.2, 0) is 4.79 Å². The van der Waals surface area contributed by atoms with E-state index in [9.17, 15) is 4.79 Å². The van der Waals surface area contributed by atoms with Crippen molar-refractivity contribution < 1.29 is 4.79 Å². The van der Waals surface area contributed by atoms with Crippen LogP contribution in [0, 0.1) is 0 Å². The van der Waals surface area contributed by atoms with E-state index in [0.717, 1.165) is 45.6 Å². The largest absolute Gasteiger partial charge is 0.343 e. The Morgan fingerprint density at radius 1 is 1.11 bits per heavy atom. The second-order valence-corrected chi connectivity index (χ2v) is 5.59. The van der Waals surface area contributed by atoms with Crippen LogP contribution in [0.3, 0.4) is 0 Å². The topological polar surface area (TPSA) is 35.6 Å². The van der Waals surface area contributed by atoms with Crippen molar-refractivity contribution in [1.82, 2.24) is 15.1 Å². The zero-order chi connectivity index (χ0) is 14.1. The van der Waals surface area contributed by atoms with Crippen molar-refractivity contribution in [1.29, 1.82) is 0 Å². The Balaban J connectivity index is 2.30. The molecular formula is C15H31N3O. The molecule has 4 heteroatoms. The van der Waals surface area contributed by atoms with Crippen LogP contribution in [0.15, 0.2) is 0 Å². The minimum atomic E-state index is 0.324. The van der Waals surface area contributed by atoms with E-state index >= 15 is 0 Å². The van der Waals surface area contributed by atoms with Crippen molar-refractivity contribution in [2.75, 3.05) is 39.8 Å². The molecule has 1 aliphatic heterocycles. The number of piperidine rings is 1. The molecule has 112 valence electrons. The summed E-state index contributed by atoms with van der Waals surface area (Å²) in [5, 5.41) is 3.38.